The fraction of sp³-hybridized carbons (Fsp3) is 0.357. The number of hydrogen-bond acceptors (Lipinski definition) is 3. The van der Waals surface area contributed by atoms with Crippen molar-refractivity contribution in [2.45, 2.75) is 19.1 Å². The Balaban J connectivity index is 2.16. The highest BCUT2D eigenvalue weighted by molar-refractivity contribution is 9.10. The van der Waals surface area contributed by atoms with Gasteiger partial charge in [-0.15, -0.1) is 0 Å². The Hall–Kier alpha value is -0.880. The third kappa shape index (κ3) is 3.82. The summed E-state index contributed by atoms with van der Waals surface area (Å²) in [6, 6.07) is 7.49. The first-order valence-electron chi connectivity index (χ1n) is 6.24. The van der Waals surface area contributed by atoms with Gasteiger partial charge < -0.3 is 9.84 Å². The van der Waals surface area contributed by atoms with Gasteiger partial charge in [0.2, 0.25) is 0 Å². The van der Waals surface area contributed by atoms with Crippen molar-refractivity contribution >= 4 is 27.5 Å². The van der Waals surface area contributed by atoms with E-state index in [1.165, 1.54) is 0 Å². The Labute approximate surface area is 131 Å². The molecule has 1 heterocycles. The first-order valence-corrected chi connectivity index (χ1v) is 7.41. The first-order chi connectivity index (χ1) is 9.61. The van der Waals surface area contributed by atoms with Gasteiger partial charge in [-0.05, 0) is 33.6 Å². The van der Waals surface area contributed by atoms with E-state index in [0.717, 1.165) is 15.7 Å². The molecule has 1 aromatic heterocycles. The Kier molecular flexibility index (Phi) is 5.60. The number of aromatic nitrogens is 2. The molecule has 2 aromatic rings. The average molecular weight is 360 g/mol. The quantitative estimate of drug-likeness (QED) is 0.861. The normalized spacial score (nSPS) is 12.6. The van der Waals surface area contributed by atoms with Gasteiger partial charge >= 0.3 is 0 Å². The summed E-state index contributed by atoms with van der Waals surface area (Å²) in [5.41, 5.74) is 1.73. The van der Waals surface area contributed by atoms with E-state index in [9.17, 15) is 5.11 Å². The summed E-state index contributed by atoms with van der Waals surface area (Å²) in [6.45, 7) is 1.15. The maximum Gasteiger partial charge on any atom is 0.101 e. The van der Waals surface area contributed by atoms with Gasteiger partial charge in [0.05, 0.1) is 29.5 Å². The first kappa shape index (κ1) is 15.5. The summed E-state index contributed by atoms with van der Waals surface area (Å²) in [4.78, 5) is 0. The molecule has 1 unspecified atom stereocenters. The number of rotatable bonds is 6. The van der Waals surface area contributed by atoms with Gasteiger partial charge in [0.25, 0.3) is 0 Å². The van der Waals surface area contributed by atoms with E-state index in [1.54, 1.807) is 18.0 Å². The number of aliphatic hydroxyl groups excluding tert-OH is 1. The molecule has 0 saturated carbocycles. The third-order valence-corrected chi connectivity index (χ3v) is 3.82. The van der Waals surface area contributed by atoms with Crippen LogP contribution in [0.15, 0.2) is 34.9 Å². The molecule has 0 aliphatic rings. The van der Waals surface area contributed by atoms with Crippen molar-refractivity contribution in [3.05, 3.63) is 51.2 Å². The van der Waals surface area contributed by atoms with E-state index in [4.69, 9.17) is 16.3 Å². The van der Waals surface area contributed by atoms with Crippen LogP contribution in [0.5, 0.6) is 0 Å². The van der Waals surface area contributed by atoms with Crippen molar-refractivity contribution in [1.29, 1.82) is 0 Å². The number of halogens is 2. The molecule has 1 N–H and O–H groups in total. The predicted octanol–water partition coefficient (Wildman–Crippen LogP) is 3.22. The van der Waals surface area contributed by atoms with Crippen LogP contribution in [0.1, 0.15) is 17.4 Å². The molecule has 0 fully saturated rings. The zero-order valence-electron chi connectivity index (χ0n) is 11.1. The zero-order valence-corrected chi connectivity index (χ0v) is 13.4. The summed E-state index contributed by atoms with van der Waals surface area (Å²) in [5.74, 6) is 0. The van der Waals surface area contributed by atoms with E-state index in [0.29, 0.717) is 24.6 Å². The summed E-state index contributed by atoms with van der Waals surface area (Å²) < 4.78 is 7.60. The summed E-state index contributed by atoms with van der Waals surface area (Å²) >= 11 is 9.39. The average Bonchev–Trinajstić information content (AvgIpc) is 2.77. The molecule has 2 rings (SSSR count). The number of benzene rings is 1. The summed E-state index contributed by atoms with van der Waals surface area (Å²) in [7, 11) is 1.64. The van der Waals surface area contributed by atoms with Crippen LogP contribution < -0.4 is 0 Å². The number of hydrogen-bond donors (Lipinski definition) is 1. The minimum atomic E-state index is -0.651. The van der Waals surface area contributed by atoms with Crippen molar-refractivity contribution in [3.63, 3.8) is 0 Å². The molecular formula is C14H16BrClN2O2. The van der Waals surface area contributed by atoms with Crippen LogP contribution in [-0.2, 0) is 17.7 Å². The molecule has 0 saturated heterocycles. The smallest absolute Gasteiger partial charge is 0.101 e. The van der Waals surface area contributed by atoms with Crippen molar-refractivity contribution < 1.29 is 9.84 Å². The number of aliphatic hydroxyl groups is 1. The Bertz CT molecular complexity index is 574. The van der Waals surface area contributed by atoms with E-state index >= 15 is 0 Å². The van der Waals surface area contributed by atoms with Gasteiger partial charge in [0.15, 0.2) is 0 Å². The molecule has 6 heteroatoms. The van der Waals surface area contributed by atoms with Gasteiger partial charge in [-0.3, -0.25) is 4.68 Å². The van der Waals surface area contributed by atoms with Crippen LogP contribution in [0, 0.1) is 0 Å². The second kappa shape index (κ2) is 7.22. The Morgan fingerprint density at radius 1 is 1.50 bits per heavy atom. The molecule has 0 amide bonds. The molecule has 4 nitrogen and oxygen atoms in total. The second-order valence-electron chi connectivity index (χ2n) is 4.44. The molecule has 0 aliphatic carbocycles. The molecule has 108 valence electrons. The van der Waals surface area contributed by atoms with Crippen LogP contribution >= 0.6 is 27.5 Å². The van der Waals surface area contributed by atoms with Crippen molar-refractivity contribution in [3.8, 4) is 0 Å². The molecule has 0 aliphatic heterocycles. The number of methoxy groups -OCH3 is 1. The fourth-order valence-electron chi connectivity index (χ4n) is 2.04. The monoisotopic (exact) mass is 358 g/mol. The molecule has 0 spiro atoms. The molecule has 1 aromatic carbocycles. The summed E-state index contributed by atoms with van der Waals surface area (Å²) in [6.07, 6.45) is 1.52. The van der Waals surface area contributed by atoms with Crippen molar-refractivity contribution in [2.75, 3.05) is 13.7 Å². The second-order valence-corrected chi connectivity index (χ2v) is 5.73. The maximum atomic E-state index is 10.4. The Morgan fingerprint density at radius 3 is 3.00 bits per heavy atom. The fourth-order valence-corrected chi connectivity index (χ4v) is 2.82. The van der Waals surface area contributed by atoms with Crippen LogP contribution in [0.3, 0.4) is 0 Å². The lowest BCUT2D eigenvalue weighted by atomic mass is 10.1. The van der Waals surface area contributed by atoms with Crippen LogP contribution in [0.25, 0.3) is 0 Å². The van der Waals surface area contributed by atoms with Crippen LogP contribution in [0.2, 0.25) is 5.02 Å². The largest absolute Gasteiger partial charge is 0.386 e. The molecule has 1 atom stereocenters. The molecular weight excluding hydrogens is 344 g/mol. The molecule has 20 heavy (non-hydrogen) atoms. The van der Waals surface area contributed by atoms with Crippen LogP contribution in [-0.4, -0.2) is 28.6 Å². The van der Waals surface area contributed by atoms with Gasteiger partial charge in [0, 0.05) is 18.6 Å². The lowest BCUT2D eigenvalue weighted by Crippen LogP contribution is -2.14. The van der Waals surface area contributed by atoms with Gasteiger partial charge in [-0.2, -0.15) is 5.10 Å². The lowest BCUT2D eigenvalue weighted by Gasteiger charge is -2.14. The van der Waals surface area contributed by atoms with Crippen molar-refractivity contribution in [1.82, 2.24) is 9.78 Å². The highest BCUT2D eigenvalue weighted by Gasteiger charge is 2.18. The minimum Gasteiger partial charge on any atom is -0.386 e. The SMILES string of the molecule is COCCn1ncc(Br)c1C(O)Cc1cccc(Cl)c1. The zero-order chi connectivity index (χ0) is 14.5. The highest BCUT2D eigenvalue weighted by atomic mass is 79.9. The van der Waals surface area contributed by atoms with Gasteiger partial charge in [0.1, 0.15) is 6.10 Å². The predicted molar refractivity (Wildman–Crippen MR) is 81.9 cm³/mol. The minimum absolute atomic E-state index is 0.484. The third-order valence-electron chi connectivity index (χ3n) is 2.97. The standard InChI is InChI=1S/C14H16BrClN2O2/c1-20-6-5-18-14(12(15)9-17-18)13(19)8-10-3-2-4-11(16)7-10/h2-4,7,9,13,19H,5-6,8H2,1H3. The van der Waals surface area contributed by atoms with E-state index < -0.39 is 6.10 Å². The van der Waals surface area contributed by atoms with Crippen molar-refractivity contribution in [2.24, 2.45) is 0 Å². The molecule has 0 radical (unpaired) electrons. The number of nitrogens with zero attached hydrogens (tertiary/aromatic N) is 2. The van der Waals surface area contributed by atoms with Gasteiger partial charge in [-0.25, -0.2) is 0 Å². The highest BCUT2D eigenvalue weighted by Crippen LogP contribution is 2.26. The maximum absolute atomic E-state index is 10.4. The topological polar surface area (TPSA) is 47.3 Å². The number of ether oxygens (including phenoxy) is 1. The van der Waals surface area contributed by atoms with Crippen LogP contribution in [0.4, 0.5) is 0 Å². The van der Waals surface area contributed by atoms with E-state index in [1.807, 2.05) is 24.3 Å². The molecule has 0 bridgehead atoms. The summed E-state index contributed by atoms with van der Waals surface area (Å²) in [5, 5.41) is 15.3. The lowest BCUT2D eigenvalue weighted by molar-refractivity contribution is 0.152. The van der Waals surface area contributed by atoms with Gasteiger partial charge in [-0.1, -0.05) is 23.7 Å². The van der Waals surface area contributed by atoms with E-state index in [2.05, 4.69) is 21.0 Å². The Morgan fingerprint density at radius 2 is 2.30 bits per heavy atom. The van der Waals surface area contributed by atoms with E-state index in [-0.39, 0.29) is 0 Å².